The highest BCUT2D eigenvalue weighted by Crippen LogP contribution is 2.27. The second-order valence-electron chi connectivity index (χ2n) is 6.57. The average Bonchev–Trinajstić information content (AvgIpc) is 3.24. The van der Waals surface area contributed by atoms with Crippen molar-refractivity contribution < 1.29 is 4.79 Å². The van der Waals surface area contributed by atoms with Gasteiger partial charge in [0, 0.05) is 24.3 Å². The van der Waals surface area contributed by atoms with Crippen molar-refractivity contribution in [2.75, 3.05) is 19.6 Å². The van der Waals surface area contributed by atoms with E-state index in [0.29, 0.717) is 12.2 Å². The minimum absolute atomic E-state index is 0.0552. The summed E-state index contributed by atoms with van der Waals surface area (Å²) in [6.07, 6.45) is 5.15. The summed E-state index contributed by atoms with van der Waals surface area (Å²) in [4.78, 5) is 12.6. The lowest BCUT2D eigenvalue weighted by Gasteiger charge is -2.07. The molecule has 1 aliphatic rings. The molecule has 0 saturated carbocycles. The maximum absolute atomic E-state index is 12.6. The Morgan fingerprint density at radius 3 is 2.64 bits per heavy atom. The molecule has 0 bridgehead atoms. The number of hydrogen-bond donors (Lipinski definition) is 2. The van der Waals surface area contributed by atoms with E-state index < -0.39 is 0 Å². The molecule has 2 aromatic rings. The number of rotatable bonds is 8. The molecular formula is C20H28N4O. The lowest BCUT2D eigenvalue weighted by Crippen LogP contribution is -2.32. The highest BCUT2D eigenvalue weighted by molar-refractivity contribution is 5.94. The maximum Gasteiger partial charge on any atom is 0.272 e. The maximum atomic E-state index is 12.6. The average molecular weight is 340 g/mol. The number of aryl methyl sites for hydroxylation is 1. The predicted octanol–water partition coefficient (Wildman–Crippen LogP) is 2.65. The molecule has 134 valence electrons. The highest BCUT2D eigenvalue weighted by atomic mass is 16.1. The zero-order valence-electron chi connectivity index (χ0n) is 15.3. The van der Waals surface area contributed by atoms with Gasteiger partial charge in [0.05, 0.1) is 5.69 Å². The van der Waals surface area contributed by atoms with Crippen LogP contribution in [0.2, 0.25) is 0 Å². The van der Waals surface area contributed by atoms with Crippen molar-refractivity contribution >= 4 is 5.91 Å². The van der Waals surface area contributed by atoms with Crippen molar-refractivity contribution in [1.82, 2.24) is 20.4 Å². The fraction of sp³-hybridized carbons (Fsp3) is 0.500. The summed E-state index contributed by atoms with van der Waals surface area (Å²) < 4.78 is 1.96. The third-order valence-corrected chi connectivity index (χ3v) is 4.75. The van der Waals surface area contributed by atoms with Crippen LogP contribution in [0.15, 0.2) is 24.3 Å². The summed E-state index contributed by atoms with van der Waals surface area (Å²) in [7, 11) is 0. The summed E-state index contributed by atoms with van der Waals surface area (Å²) in [5.74, 6) is -0.0552. The van der Waals surface area contributed by atoms with Gasteiger partial charge in [-0.15, -0.1) is 0 Å². The molecule has 1 heterocycles. The Bertz CT molecular complexity index is 718. The third kappa shape index (κ3) is 3.93. The van der Waals surface area contributed by atoms with Crippen LogP contribution in [-0.4, -0.2) is 35.3 Å². The van der Waals surface area contributed by atoms with E-state index in [0.717, 1.165) is 56.4 Å². The molecule has 5 nitrogen and oxygen atoms in total. The first-order valence-corrected chi connectivity index (χ1v) is 9.43. The first kappa shape index (κ1) is 17.7. The van der Waals surface area contributed by atoms with Crippen LogP contribution in [0.25, 0.3) is 5.69 Å². The number of nitrogens with one attached hydrogen (secondary N) is 2. The number of benzene rings is 1. The highest BCUT2D eigenvalue weighted by Gasteiger charge is 2.26. The summed E-state index contributed by atoms with van der Waals surface area (Å²) >= 11 is 0. The van der Waals surface area contributed by atoms with Crippen molar-refractivity contribution in [1.29, 1.82) is 0 Å². The molecule has 5 heteroatoms. The van der Waals surface area contributed by atoms with E-state index in [2.05, 4.69) is 53.8 Å². The molecule has 1 aromatic heterocycles. The largest absolute Gasteiger partial charge is 0.349 e. The molecule has 1 aromatic carbocycles. The van der Waals surface area contributed by atoms with Gasteiger partial charge in [0.1, 0.15) is 0 Å². The van der Waals surface area contributed by atoms with Crippen LogP contribution in [0.3, 0.4) is 0 Å². The van der Waals surface area contributed by atoms with Gasteiger partial charge in [-0.25, -0.2) is 4.68 Å². The Kier molecular flexibility index (Phi) is 5.87. The first-order valence-electron chi connectivity index (χ1n) is 9.43. The van der Waals surface area contributed by atoms with Gasteiger partial charge in [0.15, 0.2) is 5.69 Å². The van der Waals surface area contributed by atoms with Crippen LogP contribution in [0.1, 0.15) is 54.0 Å². The van der Waals surface area contributed by atoms with Gasteiger partial charge >= 0.3 is 0 Å². The Labute approximate surface area is 149 Å². The van der Waals surface area contributed by atoms with Crippen LogP contribution in [-0.2, 0) is 19.3 Å². The van der Waals surface area contributed by atoms with Crippen molar-refractivity contribution in [3.63, 3.8) is 0 Å². The second kappa shape index (κ2) is 8.30. The van der Waals surface area contributed by atoms with Gasteiger partial charge in [-0.1, -0.05) is 26.0 Å². The van der Waals surface area contributed by atoms with Gasteiger partial charge < -0.3 is 10.6 Å². The Balaban J connectivity index is 1.76. The zero-order valence-corrected chi connectivity index (χ0v) is 15.3. The summed E-state index contributed by atoms with van der Waals surface area (Å²) in [5, 5.41) is 10.9. The van der Waals surface area contributed by atoms with Crippen molar-refractivity contribution in [2.45, 2.75) is 46.0 Å². The Morgan fingerprint density at radius 1 is 1.12 bits per heavy atom. The van der Waals surface area contributed by atoms with Gasteiger partial charge in [-0.2, -0.15) is 5.10 Å². The molecule has 1 aliphatic carbocycles. The van der Waals surface area contributed by atoms with E-state index >= 15 is 0 Å². The van der Waals surface area contributed by atoms with Crippen LogP contribution in [0, 0.1) is 0 Å². The number of hydrogen-bond acceptors (Lipinski definition) is 3. The van der Waals surface area contributed by atoms with E-state index in [-0.39, 0.29) is 5.91 Å². The van der Waals surface area contributed by atoms with Crippen molar-refractivity contribution in [2.24, 2.45) is 0 Å². The number of carbonyl (C=O) groups is 1. The van der Waals surface area contributed by atoms with Gasteiger partial charge in [-0.05, 0) is 56.3 Å². The summed E-state index contributed by atoms with van der Waals surface area (Å²) in [6, 6.07) is 8.47. The van der Waals surface area contributed by atoms with Gasteiger partial charge in [-0.3, -0.25) is 4.79 Å². The molecule has 0 fully saturated rings. The minimum Gasteiger partial charge on any atom is -0.349 e. The van der Waals surface area contributed by atoms with Crippen LogP contribution < -0.4 is 10.6 Å². The molecule has 0 atom stereocenters. The SMILES string of the molecule is CCCNCCNC(=O)c1nn(-c2ccc(CC)cc2)c2c1CCC2. The molecule has 1 amide bonds. The fourth-order valence-corrected chi connectivity index (χ4v) is 3.36. The van der Waals surface area contributed by atoms with Crippen molar-refractivity contribution in [3.05, 3.63) is 46.8 Å². The molecular weight excluding hydrogens is 312 g/mol. The van der Waals surface area contributed by atoms with Crippen LogP contribution >= 0.6 is 0 Å². The quantitative estimate of drug-likeness (QED) is 0.726. The first-order chi connectivity index (χ1) is 12.2. The number of fused-ring (bicyclic) bond motifs is 1. The normalized spacial score (nSPS) is 13.0. The molecule has 0 unspecified atom stereocenters. The zero-order chi connectivity index (χ0) is 17.6. The van der Waals surface area contributed by atoms with Crippen LogP contribution in [0.5, 0.6) is 0 Å². The predicted molar refractivity (Wildman–Crippen MR) is 100 cm³/mol. The molecule has 3 rings (SSSR count). The van der Waals surface area contributed by atoms with E-state index in [1.165, 1.54) is 11.3 Å². The number of aromatic nitrogens is 2. The van der Waals surface area contributed by atoms with E-state index in [1.54, 1.807) is 0 Å². The Hall–Kier alpha value is -2.14. The smallest absolute Gasteiger partial charge is 0.272 e. The lowest BCUT2D eigenvalue weighted by atomic mass is 10.1. The van der Waals surface area contributed by atoms with E-state index in [1.807, 2.05) is 4.68 Å². The van der Waals surface area contributed by atoms with Crippen LogP contribution in [0.4, 0.5) is 0 Å². The van der Waals surface area contributed by atoms with E-state index in [9.17, 15) is 4.79 Å². The summed E-state index contributed by atoms with van der Waals surface area (Å²) in [6.45, 7) is 6.69. The monoisotopic (exact) mass is 340 g/mol. The summed E-state index contributed by atoms with van der Waals surface area (Å²) in [5.41, 5.74) is 5.27. The molecule has 0 spiro atoms. The molecule has 0 aliphatic heterocycles. The number of carbonyl (C=O) groups excluding carboxylic acids is 1. The molecule has 2 N–H and O–H groups in total. The standard InChI is InChI=1S/C20H28N4O/c1-3-12-21-13-14-22-20(25)19-17-6-5-7-18(17)24(23-19)16-10-8-15(4-2)9-11-16/h8-11,21H,3-7,12-14H2,1-2H3,(H,22,25). The third-order valence-electron chi connectivity index (χ3n) is 4.75. The molecule has 0 saturated heterocycles. The fourth-order valence-electron chi connectivity index (χ4n) is 3.36. The Morgan fingerprint density at radius 2 is 1.92 bits per heavy atom. The molecule has 25 heavy (non-hydrogen) atoms. The van der Waals surface area contributed by atoms with Gasteiger partial charge in [0.25, 0.3) is 5.91 Å². The lowest BCUT2D eigenvalue weighted by molar-refractivity contribution is 0.0947. The minimum atomic E-state index is -0.0552. The van der Waals surface area contributed by atoms with Gasteiger partial charge in [0.2, 0.25) is 0 Å². The second-order valence-corrected chi connectivity index (χ2v) is 6.57. The topological polar surface area (TPSA) is 58.9 Å². The number of nitrogens with zero attached hydrogens (tertiary/aromatic N) is 2. The van der Waals surface area contributed by atoms with Crippen molar-refractivity contribution in [3.8, 4) is 5.69 Å². The number of amides is 1. The molecule has 0 radical (unpaired) electrons. The van der Waals surface area contributed by atoms with E-state index in [4.69, 9.17) is 0 Å².